The normalized spacial score (nSPS) is 10.9. The number of aromatic nitrogens is 1. The van der Waals surface area contributed by atoms with Gasteiger partial charge in [0.05, 0.1) is 24.6 Å². The molecule has 0 bridgehead atoms. The summed E-state index contributed by atoms with van der Waals surface area (Å²) in [6.45, 7) is 0.185. The number of amides is 1. The standard InChI is InChI=1S/C20H15FN2O3S/c1-25-14-6-2-5-13(11-14)19(24)23(12-15-7-4-10-26-15)20-22-18-16(21)8-3-9-17(18)27-20/h2-11H,12H2,1H3. The Balaban J connectivity index is 1.77. The Labute approximate surface area is 158 Å². The third-order valence-electron chi connectivity index (χ3n) is 4.05. The molecule has 136 valence electrons. The average Bonchev–Trinajstić information content (AvgIpc) is 3.36. The maximum Gasteiger partial charge on any atom is 0.260 e. The van der Waals surface area contributed by atoms with E-state index in [1.165, 1.54) is 22.3 Å². The summed E-state index contributed by atoms with van der Waals surface area (Å²) >= 11 is 1.26. The molecule has 27 heavy (non-hydrogen) atoms. The summed E-state index contributed by atoms with van der Waals surface area (Å²) in [5, 5.41) is 0.402. The van der Waals surface area contributed by atoms with E-state index < -0.39 is 5.82 Å². The minimum absolute atomic E-state index is 0.185. The van der Waals surface area contributed by atoms with Crippen molar-refractivity contribution in [2.45, 2.75) is 6.54 Å². The number of hydrogen-bond donors (Lipinski definition) is 0. The van der Waals surface area contributed by atoms with Crippen molar-refractivity contribution in [2.24, 2.45) is 0 Å². The summed E-state index contributed by atoms with van der Waals surface area (Å²) in [6, 6.07) is 15.2. The lowest BCUT2D eigenvalue weighted by molar-refractivity contribution is 0.0983. The van der Waals surface area contributed by atoms with Gasteiger partial charge in [0.15, 0.2) is 5.13 Å². The molecule has 0 aliphatic rings. The van der Waals surface area contributed by atoms with Gasteiger partial charge in [-0.05, 0) is 42.5 Å². The van der Waals surface area contributed by atoms with Crippen LogP contribution in [0.15, 0.2) is 65.3 Å². The molecule has 5 nitrogen and oxygen atoms in total. The van der Waals surface area contributed by atoms with Crippen LogP contribution in [0.25, 0.3) is 10.2 Å². The fraction of sp³-hybridized carbons (Fsp3) is 0.100. The topological polar surface area (TPSA) is 55.6 Å². The average molecular weight is 382 g/mol. The zero-order valence-electron chi connectivity index (χ0n) is 14.4. The van der Waals surface area contributed by atoms with Crippen molar-refractivity contribution < 1.29 is 18.3 Å². The van der Waals surface area contributed by atoms with Crippen molar-refractivity contribution in [1.29, 1.82) is 0 Å². The Kier molecular flexibility index (Phi) is 4.60. The number of methoxy groups -OCH3 is 1. The first-order chi connectivity index (χ1) is 13.2. The van der Waals surface area contributed by atoms with Crippen LogP contribution in [0.3, 0.4) is 0 Å². The monoisotopic (exact) mass is 382 g/mol. The van der Waals surface area contributed by atoms with Crippen LogP contribution >= 0.6 is 11.3 Å². The highest BCUT2D eigenvalue weighted by Gasteiger charge is 2.23. The first-order valence-corrected chi connectivity index (χ1v) is 9.00. The van der Waals surface area contributed by atoms with Crippen LogP contribution in [0.2, 0.25) is 0 Å². The quantitative estimate of drug-likeness (QED) is 0.493. The van der Waals surface area contributed by atoms with Crippen molar-refractivity contribution in [2.75, 3.05) is 12.0 Å². The van der Waals surface area contributed by atoms with Gasteiger partial charge in [-0.2, -0.15) is 0 Å². The Hall–Kier alpha value is -3.19. The lowest BCUT2D eigenvalue weighted by Crippen LogP contribution is -2.30. The van der Waals surface area contributed by atoms with E-state index in [1.807, 2.05) is 0 Å². The van der Waals surface area contributed by atoms with Crippen molar-refractivity contribution in [3.8, 4) is 5.75 Å². The number of thiazole rings is 1. The Morgan fingerprint density at radius 1 is 1.22 bits per heavy atom. The van der Waals surface area contributed by atoms with Crippen LogP contribution in [0.5, 0.6) is 5.75 Å². The largest absolute Gasteiger partial charge is 0.497 e. The third kappa shape index (κ3) is 3.41. The second kappa shape index (κ2) is 7.20. The van der Waals surface area contributed by atoms with Gasteiger partial charge in [0.1, 0.15) is 22.8 Å². The minimum Gasteiger partial charge on any atom is -0.497 e. The van der Waals surface area contributed by atoms with E-state index in [0.717, 1.165) is 0 Å². The number of para-hydroxylation sites is 1. The maximum absolute atomic E-state index is 14.1. The Morgan fingerprint density at radius 2 is 2.07 bits per heavy atom. The van der Waals surface area contributed by atoms with Gasteiger partial charge in [-0.3, -0.25) is 9.69 Å². The molecular weight excluding hydrogens is 367 g/mol. The summed E-state index contributed by atoms with van der Waals surface area (Å²) in [7, 11) is 1.54. The molecule has 0 unspecified atom stereocenters. The summed E-state index contributed by atoms with van der Waals surface area (Å²) in [5.41, 5.74) is 0.695. The van der Waals surface area contributed by atoms with Crippen LogP contribution in [0, 0.1) is 5.82 Å². The van der Waals surface area contributed by atoms with Crippen molar-refractivity contribution >= 4 is 32.6 Å². The number of hydrogen-bond acceptors (Lipinski definition) is 5. The van der Waals surface area contributed by atoms with Crippen molar-refractivity contribution in [3.63, 3.8) is 0 Å². The SMILES string of the molecule is COc1cccc(C(=O)N(Cc2ccco2)c2nc3c(F)cccc3s2)c1. The Bertz CT molecular complexity index is 1090. The zero-order chi connectivity index (χ0) is 18.8. The molecule has 0 aliphatic heterocycles. The highest BCUT2D eigenvalue weighted by Crippen LogP contribution is 2.32. The lowest BCUT2D eigenvalue weighted by Gasteiger charge is -2.19. The molecule has 0 aliphatic carbocycles. The molecule has 0 N–H and O–H groups in total. The number of furan rings is 1. The number of anilines is 1. The summed E-state index contributed by atoms with van der Waals surface area (Å²) in [6.07, 6.45) is 1.54. The van der Waals surface area contributed by atoms with Gasteiger partial charge >= 0.3 is 0 Å². The van der Waals surface area contributed by atoms with Crippen LogP contribution < -0.4 is 9.64 Å². The van der Waals surface area contributed by atoms with Gasteiger partial charge in [-0.25, -0.2) is 9.37 Å². The molecule has 0 radical (unpaired) electrons. The molecular formula is C20H15FN2O3S. The number of carbonyl (C=O) groups excluding carboxylic acids is 1. The number of fused-ring (bicyclic) bond motifs is 1. The van der Waals surface area contributed by atoms with Gasteiger partial charge < -0.3 is 9.15 Å². The Morgan fingerprint density at radius 3 is 2.81 bits per heavy atom. The zero-order valence-corrected chi connectivity index (χ0v) is 15.2. The second-order valence-corrected chi connectivity index (χ2v) is 6.79. The molecule has 7 heteroatoms. The molecule has 2 aromatic carbocycles. The number of benzene rings is 2. The second-order valence-electron chi connectivity index (χ2n) is 5.79. The van der Waals surface area contributed by atoms with Gasteiger partial charge in [0, 0.05) is 5.56 Å². The molecule has 0 saturated carbocycles. The fourth-order valence-electron chi connectivity index (χ4n) is 2.72. The van der Waals surface area contributed by atoms with E-state index in [1.54, 1.807) is 61.9 Å². The minimum atomic E-state index is -0.415. The van der Waals surface area contributed by atoms with Crippen LogP contribution in [0.1, 0.15) is 16.1 Å². The fourth-order valence-corrected chi connectivity index (χ4v) is 3.69. The van der Waals surface area contributed by atoms with E-state index in [0.29, 0.717) is 26.9 Å². The van der Waals surface area contributed by atoms with Gasteiger partial charge in [0.25, 0.3) is 5.91 Å². The van der Waals surface area contributed by atoms with E-state index in [9.17, 15) is 9.18 Å². The summed E-state index contributed by atoms with van der Waals surface area (Å²) < 4.78 is 25.3. The predicted octanol–water partition coefficient (Wildman–Crippen LogP) is 4.88. The van der Waals surface area contributed by atoms with Crippen molar-refractivity contribution in [1.82, 2.24) is 4.98 Å². The van der Waals surface area contributed by atoms with E-state index >= 15 is 0 Å². The predicted molar refractivity (Wildman–Crippen MR) is 102 cm³/mol. The molecule has 2 aromatic heterocycles. The number of rotatable bonds is 5. The number of ether oxygens (including phenoxy) is 1. The molecule has 4 rings (SSSR count). The first kappa shape index (κ1) is 17.2. The highest BCUT2D eigenvalue weighted by atomic mass is 32.1. The highest BCUT2D eigenvalue weighted by molar-refractivity contribution is 7.22. The molecule has 2 heterocycles. The lowest BCUT2D eigenvalue weighted by atomic mass is 10.2. The van der Waals surface area contributed by atoms with Crippen molar-refractivity contribution in [3.05, 3.63) is 78.0 Å². The van der Waals surface area contributed by atoms with E-state index in [-0.39, 0.29) is 18.0 Å². The molecule has 0 spiro atoms. The summed E-state index contributed by atoms with van der Waals surface area (Å²) in [4.78, 5) is 19.0. The smallest absolute Gasteiger partial charge is 0.260 e. The third-order valence-corrected chi connectivity index (χ3v) is 5.09. The molecule has 4 aromatic rings. The molecule has 0 fully saturated rings. The number of halogens is 1. The summed E-state index contributed by atoms with van der Waals surface area (Å²) in [5.74, 6) is 0.492. The molecule has 1 amide bonds. The van der Waals surface area contributed by atoms with Gasteiger partial charge in [0.2, 0.25) is 0 Å². The van der Waals surface area contributed by atoms with Gasteiger partial charge in [-0.15, -0.1) is 0 Å². The van der Waals surface area contributed by atoms with Gasteiger partial charge in [-0.1, -0.05) is 23.5 Å². The number of nitrogens with zero attached hydrogens (tertiary/aromatic N) is 2. The van der Waals surface area contributed by atoms with Crippen LogP contribution in [0.4, 0.5) is 9.52 Å². The first-order valence-electron chi connectivity index (χ1n) is 8.19. The van der Waals surface area contributed by atoms with E-state index in [2.05, 4.69) is 4.98 Å². The number of carbonyl (C=O) groups is 1. The van der Waals surface area contributed by atoms with E-state index in [4.69, 9.17) is 9.15 Å². The molecule has 0 saturated heterocycles. The maximum atomic E-state index is 14.1. The molecule has 0 atom stereocenters. The van der Waals surface area contributed by atoms with Crippen LogP contribution in [-0.4, -0.2) is 18.0 Å². The van der Waals surface area contributed by atoms with Crippen LogP contribution in [-0.2, 0) is 6.54 Å².